The van der Waals surface area contributed by atoms with Gasteiger partial charge in [-0.2, -0.15) is 0 Å². The van der Waals surface area contributed by atoms with E-state index in [9.17, 15) is 9.90 Å². The standard InChI is InChI=1S/C25H35N3O2/c1-24(2,3)19-14-18(15-20(22(19)30)25(4,5)6)21(29)16-28-13-12-27(23(28)26)11-10-17-8-7-9-17/h10,12-15,26,30H,7-9,11,16H2,1-6H3. The summed E-state index contributed by atoms with van der Waals surface area (Å²) in [5, 5.41) is 19.3. The summed E-state index contributed by atoms with van der Waals surface area (Å²) in [6.07, 6.45) is 9.46. The van der Waals surface area contributed by atoms with Crippen LogP contribution in [0.25, 0.3) is 0 Å². The lowest BCUT2D eigenvalue weighted by atomic mass is 9.78. The van der Waals surface area contributed by atoms with E-state index in [2.05, 4.69) is 6.08 Å². The molecule has 0 unspecified atom stereocenters. The molecule has 0 radical (unpaired) electrons. The highest BCUT2D eigenvalue weighted by Gasteiger charge is 2.27. The molecule has 30 heavy (non-hydrogen) atoms. The van der Waals surface area contributed by atoms with E-state index in [0.29, 0.717) is 17.7 Å². The maximum Gasteiger partial charge on any atom is 0.202 e. The van der Waals surface area contributed by atoms with Crippen LogP contribution in [-0.2, 0) is 23.9 Å². The minimum Gasteiger partial charge on any atom is -0.507 e. The van der Waals surface area contributed by atoms with Gasteiger partial charge in [-0.3, -0.25) is 10.2 Å². The van der Waals surface area contributed by atoms with Crippen molar-refractivity contribution in [3.63, 3.8) is 0 Å². The van der Waals surface area contributed by atoms with Crippen molar-refractivity contribution in [1.82, 2.24) is 9.13 Å². The molecule has 0 amide bonds. The van der Waals surface area contributed by atoms with E-state index in [1.807, 2.05) is 64.4 Å². The van der Waals surface area contributed by atoms with Crippen LogP contribution < -0.4 is 5.62 Å². The van der Waals surface area contributed by atoms with Gasteiger partial charge in [-0.1, -0.05) is 53.2 Å². The van der Waals surface area contributed by atoms with Gasteiger partial charge in [0.2, 0.25) is 5.62 Å². The van der Waals surface area contributed by atoms with E-state index in [1.54, 1.807) is 10.8 Å². The fourth-order valence-electron chi connectivity index (χ4n) is 3.74. The number of imidazole rings is 1. The van der Waals surface area contributed by atoms with Gasteiger partial charge in [0.15, 0.2) is 5.78 Å². The van der Waals surface area contributed by atoms with Crippen molar-refractivity contribution in [2.24, 2.45) is 0 Å². The number of ketones is 1. The van der Waals surface area contributed by atoms with Crippen molar-refractivity contribution in [2.75, 3.05) is 0 Å². The molecule has 1 aromatic heterocycles. The molecule has 5 nitrogen and oxygen atoms in total. The van der Waals surface area contributed by atoms with Crippen molar-refractivity contribution in [2.45, 2.75) is 84.7 Å². The fraction of sp³-hybridized carbons (Fsp3) is 0.520. The minimum absolute atomic E-state index is 0.0559. The Kier molecular flexibility index (Phi) is 5.85. The highest BCUT2D eigenvalue weighted by Crippen LogP contribution is 2.39. The van der Waals surface area contributed by atoms with Crippen LogP contribution in [0.15, 0.2) is 36.2 Å². The maximum absolute atomic E-state index is 13.2. The molecule has 1 fully saturated rings. The maximum atomic E-state index is 13.2. The van der Waals surface area contributed by atoms with Gasteiger partial charge in [0.25, 0.3) is 0 Å². The first-order valence-electron chi connectivity index (χ1n) is 10.8. The zero-order valence-corrected chi connectivity index (χ0v) is 19.2. The molecule has 162 valence electrons. The van der Waals surface area contributed by atoms with Gasteiger partial charge in [0.05, 0.1) is 6.54 Å². The van der Waals surface area contributed by atoms with Crippen LogP contribution in [0.3, 0.4) is 0 Å². The zero-order valence-electron chi connectivity index (χ0n) is 19.2. The number of hydrogen-bond acceptors (Lipinski definition) is 3. The monoisotopic (exact) mass is 409 g/mol. The minimum atomic E-state index is -0.285. The predicted molar refractivity (Wildman–Crippen MR) is 120 cm³/mol. The van der Waals surface area contributed by atoms with E-state index < -0.39 is 0 Å². The van der Waals surface area contributed by atoms with Crippen LogP contribution in [0.5, 0.6) is 5.75 Å². The van der Waals surface area contributed by atoms with Gasteiger partial charge in [-0.15, -0.1) is 0 Å². The third kappa shape index (κ3) is 4.61. The number of nitrogens with one attached hydrogen (secondary N) is 1. The van der Waals surface area contributed by atoms with Crippen molar-refractivity contribution in [1.29, 1.82) is 5.41 Å². The zero-order chi connectivity index (χ0) is 22.3. The molecule has 1 saturated carbocycles. The van der Waals surface area contributed by atoms with Crippen molar-refractivity contribution >= 4 is 5.78 Å². The predicted octanol–water partition coefficient (Wildman–Crippen LogP) is 5.06. The molecular formula is C25H35N3O2. The average molecular weight is 410 g/mol. The molecule has 0 saturated heterocycles. The van der Waals surface area contributed by atoms with E-state index in [-0.39, 0.29) is 28.9 Å². The lowest BCUT2D eigenvalue weighted by Gasteiger charge is -2.28. The molecular weight excluding hydrogens is 374 g/mol. The fourth-order valence-corrected chi connectivity index (χ4v) is 3.74. The molecule has 5 heteroatoms. The van der Waals surface area contributed by atoms with Gasteiger partial charge in [0.1, 0.15) is 5.75 Å². The van der Waals surface area contributed by atoms with Crippen LogP contribution in [0.1, 0.15) is 82.3 Å². The molecule has 1 aromatic carbocycles. The Morgan fingerprint density at radius 1 is 1.03 bits per heavy atom. The molecule has 0 spiro atoms. The number of nitrogens with zero attached hydrogens (tertiary/aromatic N) is 2. The van der Waals surface area contributed by atoms with Crippen molar-refractivity contribution < 1.29 is 9.90 Å². The molecule has 2 aromatic rings. The number of aromatic hydroxyl groups is 1. The van der Waals surface area contributed by atoms with Gasteiger partial charge in [0, 0.05) is 35.6 Å². The Morgan fingerprint density at radius 3 is 2.03 bits per heavy atom. The second kappa shape index (κ2) is 7.93. The van der Waals surface area contributed by atoms with Gasteiger partial charge >= 0.3 is 0 Å². The van der Waals surface area contributed by atoms with E-state index in [0.717, 1.165) is 11.1 Å². The van der Waals surface area contributed by atoms with Gasteiger partial charge < -0.3 is 14.2 Å². The summed E-state index contributed by atoms with van der Waals surface area (Å²) in [5.41, 5.74) is 3.35. The SMILES string of the molecule is CC(C)(C)c1cc(C(=O)Cn2ccn(CC=C3CCC3)c2=N)cc(C(C)(C)C)c1O. The summed E-state index contributed by atoms with van der Waals surface area (Å²) in [6.45, 7) is 13.0. The van der Waals surface area contributed by atoms with Crippen LogP contribution >= 0.6 is 0 Å². The Labute approximate surface area is 179 Å². The second-order valence-corrected chi connectivity index (χ2v) is 10.5. The highest BCUT2D eigenvalue weighted by molar-refractivity contribution is 5.96. The Hall–Kier alpha value is -2.56. The molecule has 1 aliphatic rings. The molecule has 1 aliphatic carbocycles. The normalized spacial score (nSPS) is 14.5. The summed E-state index contributed by atoms with van der Waals surface area (Å²) in [6, 6.07) is 3.63. The largest absolute Gasteiger partial charge is 0.507 e. The Morgan fingerprint density at radius 2 is 1.57 bits per heavy atom. The lowest BCUT2D eigenvalue weighted by molar-refractivity contribution is 0.0970. The summed E-state index contributed by atoms with van der Waals surface area (Å²) in [4.78, 5) is 13.2. The summed E-state index contributed by atoms with van der Waals surface area (Å²) in [7, 11) is 0. The molecule has 0 atom stereocenters. The highest BCUT2D eigenvalue weighted by atomic mass is 16.3. The first-order chi connectivity index (χ1) is 13.9. The summed E-state index contributed by atoms with van der Waals surface area (Å²) < 4.78 is 3.54. The first kappa shape index (κ1) is 22.1. The first-order valence-corrected chi connectivity index (χ1v) is 10.8. The van der Waals surface area contributed by atoms with Gasteiger partial charge in [-0.25, -0.2) is 0 Å². The topological polar surface area (TPSA) is 71.0 Å². The Balaban J connectivity index is 1.90. The second-order valence-electron chi connectivity index (χ2n) is 10.5. The number of Topliss-reactive ketones (excluding diaryl/α,β-unsaturated/α-hetero) is 1. The van der Waals surface area contributed by atoms with E-state index in [1.165, 1.54) is 24.8 Å². The quantitative estimate of drug-likeness (QED) is 0.535. The lowest BCUT2D eigenvalue weighted by Crippen LogP contribution is -2.27. The van der Waals surface area contributed by atoms with E-state index in [4.69, 9.17) is 5.41 Å². The molecule has 2 N–H and O–H groups in total. The number of hydrogen-bond donors (Lipinski definition) is 2. The number of phenolic OH excluding ortho intramolecular Hbond substituents is 1. The summed E-state index contributed by atoms with van der Waals surface area (Å²) >= 11 is 0. The smallest absolute Gasteiger partial charge is 0.202 e. The van der Waals surface area contributed by atoms with E-state index >= 15 is 0 Å². The number of carbonyl (C=O) groups is 1. The molecule has 1 heterocycles. The van der Waals surface area contributed by atoms with Crippen LogP contribution in [-0.4, -0.2) is 20.0 Å². The number of allylic oxidation sites excluding steroid dienone is 2. The number of benzene rings is 1. The van der Waals surface area contributed by atoms with Gasteiger partial charge in [-0.05, 0) is 42.2 Å². The third-order valence-electron chi connectivity index (χ3n) is 5.90. The molecule has 0 bridgehead atoms. The van der Waals surface area contributed by atoms with Crippen LogP contribution in [0.4, 0.5) is 0 Å². The van der Waals surface area contributed by atoms with Crippen LogP contribution in [0, 0.1) is 5.41 Å². The number of aromatic nitrogens is 2. The van der Waals surface area contributed by atoms with Crippen molar-refractivity contribution in [3.05, 3.63) is 58.5 Å². The summed E-state index contributed by atoms with van der Waals surface area (Å²) in [5.74, 6) is 0.218. The van der Waals surface area contributed by atoms with Crippen molar-refractivity contribution in [3.8, 4) is 5.75 Å². The molecule has 3 rings (SSSR count). The van der Waals surface area contributed by atoms with Crippen LogP contribution in [0.2, 0.25) is 0 Å². The number of phenols is 1. The number of carbonyl (C=O) groups excluding carboxylic acids is 1. The molecule has 0 aliphatic heterocycles. The Bertz CT molecular complexity index is 999. The average Bonchev–Trinajstić information content (AvgIpc) is 2.92. The number of rotatable bonds is 5. The third-order valence-corrected chi connectivity index (χ3v) is 5.90.